The molecule has 0 aliphatic heterocycles. The van der Waals surface area contributed by atoms with Gasteiger partial charge in [-0.3, -0.25) is 14.6 Å². The Bertz CT molecular complexity index is 738. The largest absolute Gasteiger partial charge is 0.350 e. The van der Waals surface area contributed by atoms with Gasteiger partial charge in [0.05, 0.1) is 17.0 Å². The van der Waals surface area contributed by atoms with Crippen LogP contribution in [0.4, 0.5) is 5.69 Å². The van der Waals surface area contributed by atoms with Crippen molar-refractivity contribution in [2.24, 2.45) is 0 Å². The smallest absolute Gasteiger partial charge is 0.253 e. The fourth-order valence-electron chi connectivity index (χ4n) is 2.09. The molecule has 1 aromatic carbocycles. The first-order valence-electron chi connectivity index (χ1n) is 7.82. The molecule has 25 heavy (non-hydrogen) atoms. The zero-order valence-corrected chi connectivity index (χ0v) is 15.7. The molecule has 1 heterocycles. The number of carbonyl (C=O) groups excluding carboxylic acids is 2. The monoisotopic (exact) mass is 377 g/mol. The van der Waals surface area contributed by atoms with Crippen molar-refractivity contribution in [3.05, 3.63) is 58.9 Å². The molecule has 2 aromatic rings. The summed E-state index contributed by atoms with van der Waals surface area (Å²) in [4.78, 5) is 28.5. The number of rotatable bonds is 7. The van der Waals surface area contributed by atoms with Crippen LogP contribution in [0.25, 0.3) is 0 Å². The van der Waals surface area contributed by atoms with E-state index in [2.05, 4.69) is 15.6 Å². The van der Waals surface area contributed by atoms with Crippen LogP contribution in [0.3, 0.4) is 0 Å². The molecule has 0 aliphatic rings. The van der Waals surface area contributed by atoms with E-state index in [1.54, 1.807) is 30.6 Å². The average molecular weight is 378 g/mol. The Balaban J connectivity index is 1.97. The molecule has 5 nitrogen and oxygen atoms in total. The Morgan fingerprint density at radius 3 is 2.76 bits per heavy atom. The van der Waals surface area contributed by atoms with E-state index in [4.69, 9.17) is 11.6 Å². The number of amides is 2. The first-order chi connectivity index (χ1) is 12.0. The number of halogens is 1. The van der Waals surface area contributed by atoms with Gasteiger partial charge in [-0.25, -0.2) is 0 Å². The third-order valence-electron chi connectivity index (χ3n) is 3.14. The normalized spacial score (nSPS) is 10.6. The van der Waals surface area contributed by atoms with Gasteiger partial charge in [0.2, 0.25) is 5.91 Å². The van der Waals surface area contributed by atoms with Crippen molar-refractivity contribution in [2.45, 2.75) is 25.6 Å². The number of nitrogens with one attached hydrogen (secondary N) is 2. The maximum atomic E-state index is 12.3. The molecule has 0 atom stereocenters. The minimum atomic E-state index is -0.245. The highest BCUT2D eigenvalue weighted by molar-refractivity contribution is 7.99. The molecule has 0 fully saturated rings. The molecule has 2 N–H and O–H groups in total. The molecule has 0 bridgehead atoms. The van der Waals surface area contributed by atoms with Crippen LogP contribution < -0.4 is 10.6 Å². The van der Waals surface area contributed by atoms with Gasteiger partial charge in [0.1, 0.15) is 0 Å². The quantitative estimate of drug-likeness (QED) is 0.770. The number of carbonyl (C=O) groups is 2. The average Bonchev–Trinajstić information content (AvgIpc) is 2.55. The van der Waals surface area contributed by atoms with Crippen LogP contribution in [0.2, 0.25) is 5.02 Å². The molecule has 0 unspecified atom stereocenters. The van der Waals surface area contributed by atoms with Crippen LogP contribution in [0.5, 0.6) is 0 Å². The second-order valence-electron chi connectivity index (χ2n) is 5.72. The van der Waals surface area contributed by atoms with Crippen molar-refractivity contribution >= 4 is 40.9 Å². The highest BCUT2D eigenvalue weighted by Gasteiger charge is 2.15. The number of nitrogens with zero attached hydrogens (tertiary/aromatic N) is 1. The van der Waals surface area contributed by atoms with Gasteiger partial charge < -0.3 is 10.6 Å². The van der Waals surface area contributed by atoms with Crippen LogP contribution in [-0.2, 0) is 10.5 Å². The first-order valence-corrected chi connectivity index (χ1v) is 9.36. The van der Waals surface area contributed by atoms with Crippen molar-refractivity contribution in [2.75, 3.05) is 11.1 Å². The summed E-state index contributed by atoms with van der Waals surface area (Å²) in [7, 11) is 0. The van der Waals surface area contributed by atoms with Gasteiger partial charge >= 0.3 is 0 Å². The lowest BCUT2D eigenvalue weighted by molar-refractivity contribution is -0.113. The number of aromatic nitrogens is 1. The van der Waals surface area contributed by atoms with Crippen molar-refractivity contribution in [3.63, 3.8) is 0 Å². The Morgan fingerprint density at radius 1 is 1.28 bits per heavy atom. The summed E-state index contributed by atoms with van der Waals surface area (Å²) in [6.07, 6.45) is 3.49. The summed E-state index contributed by atoms with van der Waals surface area (Å²) in [5.74, 6) is 0.532. The van der Waals surface area contributed by atoms with Gasteiger partial charge in [0.15, 0.2) is 0 Å². The topological polar surface area (TPSA) is 71.1 Å². The Morgan fingerprint density at radius 2 is 2.08 bits per heavy atom. The second-order valence-corrected chi connectivity index (χ2v) is 7.14. The fraction of sp³-hybridized carbons (Fsp3) is 0.278. The van der Waals surface area contributed by atoms with Crippen molar-refractivity contribution in [3.8, 4) is 0 Å². The molecule has 0 spiro atoms. The molecule has 2 amide bonds. The van der Waals surface area contributed by atoms with E-state index >= 15 is 0 Å². The molecule has 0 aliphatic carbocycles. The van der Waals surface area contributed by atoms with E-state index in [-0.39, 0.29) is 23.6 Å². The van der Waals surface area contributed by atoms with Crippen LogP contribution in [0.1, 0.15) is 29.8 Å². The minimum absolute atomic E-state index is 0.00164. The molecule has 0 radical (unpaired) electrons. The van der Waals surface area contributed by atoms with Gasteiger partial charge in [-0.05, 0) is 43.7 Å². The lowest BCUT2D eigenvalue weighted by Crippen LogP contribution is -2.31. The number of anilines is 1. The van der Waals surface area contributed by atoms with E-state index in [1.165, 1.54) is 11.8 Å². The molecular weight excluding hydrogens is 358 g/mol. The van der Waals surface area contributed by atoms with Crippen molar-refractivity contribution in [1.29, 1.82) is 0 Å². The summed E-state index contributed by atoms with van der Waals surface area (Å²) >= 11 is 7.48. The third-order valence-corrected chi connectivity index (χ3v) is 4.38. The van der Waals surface area contributed by atoms with Crippen LogP contribution in [-0.4, -0.2) is 28.6 Å². The van der Waals surface area contributed by atoms with E-state index in [1.807, 2.05) is 26.0 Å². The van der Waals surface area contributed by atoms with Gasteiger partial charge in [0.25, 0.3) is 5.91 Å². The fourth-order valence-corrected chi connectivity index (χ4v) is 3.03. The predicted octanol–water partition coefficient (Wildman–Crippen LogP) is 3.75. The van der Waals surface area contributed by atoms with Gasteiger partial charge in [0, 0.05) is 29.2 Å². The van der Waals surface area contributed by atoms with Crippen molar-refractivity contribution in [1.82, 2.24) is 10.3 Å². The van der Waals surface area contributed by atoms with E-state index in [9.17, 15) is 9.59 Å². The predicted molar refractivity (Wildman–Crippen MR) is 103 cm³/mol. The summed E-state index contributed by atoms with van der Waals surface area (Å²) < 4.78 is 0. The first kappa shape index (κ1) is 19.3. The van der Waals surface area contributed by atoms with E-state index in [0.29, 0.717) is 22.0 Å². The van der Waals surface area contributed by atoms with Crippen LogP contribution in [0.15, 0.2) is 42.7 Å². The van der Waals surface area contributed by atoms with Gasteiger partial charge in [-0.15, -0.1) is 11.8 Å². The van der Waals surface area contributed by atoms with Gasteiger partial charge in [-0.1, -0.05) is 17.7 Å². The maximum Gasteiger partial charge on any atom is 0.253 e. The summed E-state index contributed by atoms with van der Waals surface area (Å²) in [5, 5.41) is 6.04. The lowest BCUT2D eigenvalue weighted by Gasteiger charge is -2.13. The lowest BCUT2D eigenvalue weighted by atomic mass is 10.1. The molecule has 0 saturated carbocycles. The molecule has 1 aromatic heterocycles. The van der Waals surface area contributed by atoms with E-state index in [0.717, 1.165) is 5.56 Å². The summed E-state index contributed by atoms with van der Waals surface area (Å²) in [5.41, 5.74) is 1.86. The Labute approximate surface area is 156 Å². The Hall–Kier alpha value is -2.05. The molecule has 7 heteroatoms. The van der Waals surface area contributed by atoms with E-state index < -0.39 is 0 Å². The maximum absolute atomic E-state index is 12.3. The highest BCUT2D eigenvalue weighted by atomic mass is 35.5. The summed E-state index contributed by atoms with van der Waals surface area (Å²) in [6, 6.07) is 8.65. The SMILES string of the molecule is CC(C)NC(=O)c1ccc(Cl)cc1NC(=O)CSCc1cccnc1. The zero-order valence-electron chi connectivity index (χ0n) is 14.1. The number of pyridine rings is 1. The Kier molecular flexibility index (Phi) is 7.28. The van der Waals surface area contributed by atoms with Crippen molar-refractivity contribution < 1.29 is 9.59 Å². The third kappa shape index (κ3) is 6.40. The van der Waals surface area contributed by atoms with Gasteiger partial charge in [-0.2, -0.15) is 0 Å². The number of benzene rings is 1. The molecule has 2 rings (SSSR count). The second kappa shape index (κ2) is 9.44. The molecular formula is C18H20ClN3O2S. The molecule has 132 valence electrons. The standard InChI is InChI=1S/C18H20ClN3O2S/c1-12(2)21-18(24)15-6-5-14(19)8-16(15)22-17(23)11-25-10-13-4-3-7-20-9-13/h3-9,12H,10-11H2,1-2H3,(H,21,24)(H,22,23). The van der Waals surface area contributed by atoms with Crippen LogP contribution in [0, 0.1) is 0 Å². The highest BCUT2D eigenvalue weighted by Crippen LogP contribution is 2.22. The minimum Gasteiger partial charge on any atom is -0.350 e. The number of hydrogen-bond donors (Lipinski definition) is 2. The molecule has 0 saturated heterocycles. The number of hydrogen-bond acceptors (Lipinski definition) is 4. The summed E-state index contributed by atoms with van der Waals surface area (Å²) in [6.45, 7) is 3.75. The van der Waals surface area contributed by atoms with Crippen LogP contribution >= 0.6 is 23.4 Å². The zero-order chi connectivity index (χ0) is 18.2. The number of thioether (sulfide) groups is 1.